The zero-order valence-corrected chi connectivity index (χ0v) is 11.8. The highest BCUT2D eigenvalue weighted by Crippen LogP contribution is 2.37. The quantitative estimate of drug-likeness (QED) is 0.662. The van der Waals surface area contributed by atoms with E-state index in [-0.39, 0.29) is 11.7 Å². The fourth-order valence-electron chi connectivity index (χ4n) is 2.92. The molecule has 7 heteroatoms. The first-order valence-electron chi connectivity index (χ1n) is 6.69. The second-order valence-electron chi connectivity index (χ2n) is 5.26. The van der Waals surface area contributed by atoms with Crippen molar-refractivity contribution in [3.63, 3.8) is 0 Å². The van der Waals surface area contributed by atoms with E-state index in [2.05, 4.69) is 10.4 Å². The van der Waals surface area contributed by atoms with Crippen molar-refractivity contribution in [2.75, 3.05) is 5.32 Å². The fourth-order valence-corrected chi connectivity index (χ4v) is 2.92. The number of benzene rings is 1. The van der Waals surface area contributed by atoms with Crippen molar-refractivity contribution in [1.29, 1.82) is 0 Å². The second-order valence-corrected chi connectivity index (χ2v) is 5.26. The Morgan fingerprint density at radius 2 is 2.19 bits per heavy atom. The van der Waals surface area contributed by atoms with Gasteiger partial charge >= 0.3 is 5.69 Å². The summed E-state index contributed by atoms with van der Waals surface area (Å²) in [5.74, 6) is 0.318. The Hall–Kier alpha value is -2.41. The minimum absolute atomic E-state index is 0.0471. The summed E-state index contributed by atoms with van der Waals surface area (Å²) in [6.45, 7) is 1.60. The number of aromatic nitrogens is 2. The van der Waals surface area contributed by atoms with Gasteiger partial charge in [0.05, 0.1) is 17.1 Å². The molecule has 2 unspecified atom stereocenters. The molecule has 0 radical (unpaired) electrons. The maximum atomic E-state index is 11.2. The molecule has 21 heavy (non-hydrogen) atoms. The Morgan fingerprint density at radius 3 is 2.90 bits per heavy atom. The largest absolute Gasteiger partial charge is 0.390 e. The molecule has 0 saturated heterocycles. The molecular formula is C14H16N4O3. The van der Waals surface area contributed by atoms with Crippen molar-refractivity contribution in [3.05, 3.63) is 51.2 Å². The topological polar surface area (TPSA) is 93.2 Å². The Bertz CT molecular complexity index is 710. The minimum Gasteiger partial charge on any atom is -0.390 e. The minimum atomic E-state index is -0.614. The van der Waals surface area contributed by atoms with Crippen LogP contribution in [0.15, 0.2) is 24.3 Å². The van der Waals surface area contributed by atoms with Crippen LogP contribution in [0.25, 0.3) is 0 Å². The molecular weight excluding hydrogens is 272 g/mol. The lowest BCUT2D eigenvalue weighted by Gasteiger charge is -2.18. The van der Waals surface area contributed by atoms with E-state index in [9.17, 15) is 15.2 Å². The highest BCUT2D eigenvalue weighted by Gasteiger charge is 2.34. The van der Waals surface area contributed by atoms with Crippen LogP contribution >= 0.6 is 0 Å². The van der Waals surface area contributed by atoms with Gasteiger partial charge < -0.3 is 10.4 Å². The number of anilines is 1. The van der Waals surface area contributed by atoms with Gasteiger partial charge in [0, 0.05) is 13.5 Å². The molecule has 1 aliphatic rings. The molecule has 1 aliphatic carbocycles. The molecule has 1 heterocycles. The lowest BCUT2D eigenvalue weighted by molar-refractivity contribution is -0.384. The number of aliphatic hydroxyl groups is 1. The summed E-state index contributed by atoms with van der Waals surface area (Å²) in [7, 11) is 1.65. The van der Waals surface area contributed by atoms with Crippen LogP contribution in [0.4, 0.5) is 11.5 Å². The molecule has 0 spiro atoms. The number of hydrogen-bond donors (Lipinski definition) is 2. The summed E-state index contributed by atoms with van der Waals surface area (Å²) in [6.07, 6.45) is -0.0735. The van der Waals surface area contributed by atoms with Gasteiger partial charge in [-0.05, 0) is 18.1 Å². The fraction of sp³-hybridized carbons (Fsp3) is 0.357. The molecule has 7 nitrogen and oxygen atoms in total. The normalized spacial score (nSPS) is 20.3. The summed E-state index contributed by atoms with van der Waals surface area (Å²) in [5.41, 5.74) is 2.34. The number of nitrogens with zero attached hydrogens (tertiary/aromatic N) is 3. The predicted molar refractivity (Wildman–Crippen MR) is 77.1 cm³/mol. The van der Waals surface area contributed by atoms with Crippen LogP contribution in [0, 0.1) is 17.0 Å². The Kier molecular flexibility index (Phi) is 3.13. The van der Waals surface area contributed by atoms with Gasteiger partial charge in [-0.2, -0.15) is 5.10 Å². The average molecular weight is 288 g/mol. The number of aryl methyl sites for hydroxylation is 2. The van der Waals surface area contributed by atoms with Crippen molar-refractivity contribution in [2.24, 2.45) is 7.05 Å². The number of fused-ring (bicyclic) bond motifs is 1. The van der Waals surface area contributed by atoms with Crippen LogP contribution in [-0.4, -0.2) is 25.9 Å². The molecule has 0 aliphatic heterocycles. The van der Waals surface area contributed by atoms with Gasteiger partial charge in [-0.1, -0.05) is 24.3 Å². The number of nitrogens with one attached hydrogen (secondary N) is 1. The average Bonchev–Trinajstić information content (AvgIpc) is 2.88. The molecule has 0 bridgehead atoms. The highest BCUT2D eigenvalue weighted by atomic mass is 16.6. The van der Waals surface area contributed by atoms with Gasteiger partial charge in [0.2, 0.25) is 5.82 Å². The molecule has 1 aromatic heterocycles. The van der Waals surface area contributed by atoms with Gasteiger partial charge in [-0.3, -0.25) is 10.1 Å². The third-order valence-corrected chi connectivity index (χ3v) is 3.87. The first-order chi connectivity index (χ1) is 9.99. The molecule has 2 atom stereocenters. The molecule has 0 fully saturated rings. The van der Waals surface area contributed by atoms with E-state index in [1.54, 1.807) is 14.0 Å². The summed E-state index contributed by atoms with van der Waals surface area (Å²) in [6, 6.07) is 7.34. The van der Waals surface area contributed by atoms with Crippen LogP contribution in [0.3, 0.4) is 0 Å². The lowest BCUT2D eigenvalue weighted by atomic mass is 10.1. The summed E-state index contributed by atoms with van der Waals surface area (Å²) in [5, 5.41) is 28.6. The lowest BCUT2D eigenvalue weighted by Crippen LogP contribution is -2.22. The molecule has 0 amide bonds. The molecule has 2 aromatic rings. The SMILES string of the molecule is Cc1nn(C)c(NC2c3ccccc3CC2O)c1[N+](=O)[O-]. The van der Waals surface area contributed by atoms with Crippen molar-refractivity contribution < 1.29 is 10.0 Å². The van der Waals surface area contributed by atoms with Gasteiger partial charge in [0.1, 0.15) is 5.69 Å². The van der Waals surface area contributed by atoms with E-state index in [0.29, 0.717) is 17.9 Å². The zero-order chi connectivity index (χ0) is 15.1. The second kappa shape index (κ2) is 4.85. The van der Waals surface area contributed by atoms with Gasteiger partial charge in [0.25, 0.3) is 0 Å². The van der Waals surface area contributed by atoms with Crippen molar-refractivity contribution in [1.82, 2.24) is 9.78 Å². The number of nitro groups is 1. The van der Waals surface area contributed by atoms with Crippen LogP contribution in [0.5, 0.6) is 0 Å². The van der Waals surface area contributed by atoms with Gasteiger partial charge in [-0.25, -0.2) is 4.68 Å². The number of hydrogen-bond acceptors (Lipinski definition) is 5. The molecule has 3 rings (SSSR count). The Morgan fingerprint density at radius 1 is 1.48 bits per heavy atom. The molecule has 110 valence electrons. The van der Waals surface area contributed by atoms with Crippen LogP contribution in [-0.2, 0) is 13.5 Å². The summed E-state index contributed by atoms with van der Waals surface area (Å²) < 4.78 is 1.45. The van der Waals surface area contributed by atoms with E-state index in [1.807, 2.05) is 24.3 Å². The Balaban J connectivity index is 2.00. The van der Waals surface area contributed by atoms with Crippen LogP contribution in [0.2, 0.25) is 0 Å². The first-order valence-corrected chi connectivity index (χ1v) is 6.69. The summed E-state index contributed by atoms with van der Waals surface area (Å²) in [4.78, 5) is 10.8. The van der Waals surface area contributed by atoms with Crippen molar-refractivity contribution in [3.8, 4) is 0 Å². The third kappa shape index (κ3) is 2.15. The van der Waals surface area contributed by atoms with E-state index in [1.165, 1.54) is 4.68 Å². The standard InChI is InChI=1S/C14H16N4O3/c1-8-13(18(20)21)14(17(2)16-8)15-12-10-6-4-3-5-9(10)7-11(12)19/h3-6,11-12,15,19H,7H2,1-2H3. The van der Waals surface area contributed by atoms with Gasteiger partial charge in [0.15, 0.2) is 0 Å². The predicted octanol–water partition coefficient (Wildman–Crippen LogP) is 1.71. The van der Waals surface area contributed by atoms with Crippen molar-refractivity contribution in [2.45, 2.75) is 25.5 Å². The van der Waals surface area contributed by atoms with E-state index >= 15 is 0 Å². The summed E-state index contributed by atoms with van der Waals surface area (Å²) >= 11 is 0. The number of rotatable bonds is 3. The zero-order valence-electron chi connectivity index (χ0n) is 11.8. The monoisotopic (exact) mass is 288 g/mol. The van der Waals surface area contributed by atoms with Crippen molar-refractivity contribution >= 4 is 11.5 Å². The van der Waals surface area contributed by atoms with E-state index in [0.717, 1.165) is 11.1 Å². The first kappa shape index (κ1) is 13.6. The maximum absolute atomic E-state index is 11.2. The molecule has 2 N–H and O–H groups in total. The van der Waals surface area contributed by atoms with E-state index < -0.39 is 11.0 Å². The third-order valence-electron chi connectivity index (χ3n) is 3.87. The van der Waals surface area contributed by atoms with Crippen LogP contribution < -0.4 is 5.32 Å². The van der Waals surface area contributed by atoms with Crippen LogP contribution in [0.1, 0.15) is 22.9 Å². The molecule has 0 saturated carbocycles. The molecule has 1 aromatic carbocycles. The highest BCUT2D eigenvalue weighted by molar-refractivity contribution is 5.61. The van der Waals surface area contributed by atoms with Gasteiger partial charge in [-0.15, -0.1) is 0 Å². The maximum Gasteiger partial charge on any atom is 0.333 e. The smallest absolute Gasteiger partial charge is 0.333 e. The van der Waals surface area contributed by atoms with E-state index in [4.69, 9.17) is 0 Å². The number of aliphatic hydroxyl groups excluding tert-OH is 1. The Labute approximate surface area is 121 Å².